The Balaban J connectivity index is 1.39. The summed E-state index contributed by atoms with van der Waals surface area (Å²) in [6.07, 6.45) is 5.63. The monoisotopic (exact) mass is 374 g/mol. The van der Waals surface area contributed by atoms with Crippen LogP contribution in [-0.4, -0.2) is 30.8 Å². The minimum absolute atomic E-state index is 0.170. The lowest BCUT2D eigenvalue weighted by molar-refractivity contribution is -0.116. The lowest BCUT2D eigenvalue weighted by atomic mass is 10.1. The first-order valence-corrected chi connectivity index (χ1v) is 8.83. The fourth-order valence-electron chi connectivity index (χ4n) is 2.68. The number of hydrogen-bond acceptors (Lipinski definition) is 6. The lowest BCUT2D eigenvalue weighted by Crippen LogP contribution is -2.15. The van der Waals surface area contributed by atoms with Gasteiger partial charge < -0.3 is 9.84 Å². The number of aromatic nitrogens is 5. The maximum Gasteiger partial charge on any atom is 0.227 e. The molecule has 0 fully saturated rings. The normalized spacial score (nSPS) is 10.8. The molecule has 0 aliphatic heterocycles. The van der Waals surface area contributed by atoms with E-state index in [1.165, 1.54) is 0 Å². The summed E-state index contributed by atoms with van der Waals surface area (Å²) in [6.45, 7) is 2.02. The van der Waals surface area contributed by atoms with Crippen LogP contribution in [0.25, 0.3) is 17.2 Å². The third kappa shape index (κ3) is 3.96. The maximum atomic E-state index is 12.4. The molecule has 0 saturated carbocycles. The first-order valence-electron chi connectivity index (χ1n) is 8.83. The molecule has 0 aliphatic rings. The predicted molar refractivity (Wildman–Crippen MR) is 103 cm³/mol. The van der Waals surface area contributed by atoms with Crippen molar-refractivity contribution in [3.63, 3.8) is 0 Å². The average molecular weight is 374 g/mol. The van der Waals surface area contributed by atoms with Gasteiger partial charge in [-0.2, -0.15) is 10.1 Å². The van der Waals surface area contributed by atoms with Crippen molar-refractivity contribution >= 4 is 11.6 Å². The molecule has 0 aliphatic carbocycles. The van der Waals surface area contributed by atoms with E-state index >= 15 is 0 Å². The first kappa shape index (κ1) is 17.6. The number of carbonyl (C=O) groups is 1. The summed E-state index contributed by atoms with van der Waals surface area (Å²) in [6, 6.07) is 13.2. The zero-order chi connectivity index (χ0) is 19.3. The molecule has 0 spiro atoms. The van der Waals surface area contributed by atoms with Crippen LogP contribution in [0.1, 0.15) is 17.9 Å². The Labute approximate surface area is 161 Å². The van der Waals surface area contributed by atoms with Gasteiger partial charge in [0.15, 0.2) is 5.82 Å². The number of hydrogen-bond donors (Lipinski definition) is 1. The van der Waals surface area contributed by atoms with Gasteiger partial charge in [0.05, 0.1) is 5.69 Å². The Morgan fingerprint density at radius 2 is 2.00 bits per heavy atom. The molecule has 0 bridgehead atoms. The molecule has 1 aromatic carbocycles. The highest BCUT2D eigenvalue weighted by Crippen LogP contribution is 2.18. The second kappa shape index (κ2) is 7.83. The summed E-state index contributed by atoms with van der Waals surface area (Å²) < 4.78 is 6.86. The molecule has 8 heteroatoms. The van der Waals surface area contributed by atoms with Gasteiger partial charge in [0.2, 0.25) is 17.6 Å². The largest absolute Gasteiger partial charge is 0.339 e. The summed E-state index contributed by atoms with van der Waals surface area (Å²) >= 11 is 0. The zero-order valence-corrected chi connectivity index (χ0v) is 15.2. The smallest absolute Gasteiger partial charge is 0.227 e. The zero-order valence-electron chi connectivity index (χ0n) is 15.2. The van der Waals surface area contributed by atoms with Gasteiger partial charge in [-0.1, -0.05) is 35.0 Å². The van der Waals surface area contributed by atoms with Gasteiger partial charge in [0.1, 0.15) is 0 Å². The van der Waals surface area contributed by atoms with Gasteiger partial charge in [0, 0.05) is 37.0 Å². The Bertz CT molecular complexity index is 1070. The van der Waals surface area contributed by atoms with Crippen molar-refractivity contribution in [3.05, 3.63) is 72.5 Å². The molecule has 1 amide bonds. The second-order valence-corrected chi connectivity index (χ2v) is 6.25. The molecule has 1 N–H and O–H groups in total. The lowest BCUT2D eigenvalue weighted by Gasteiger charge is -2.09. The minimum atomic E-state index is -0.170. The first-order chi connectivity index (χ1) is 13.7. The average Bonchev–Trinajstić information content (AvgIpc) is 3.40. The number of aryl methyl sites for hydroxylation is 2. The molecule has 3 aromatic heterocycles. The molecular formula is C20H18N6O2. The second-order valence-electron chi connectivity index (χ2n) is 6.25. The topological polar surface area (TPSA) is 98.7 Å². The number of nitrogens with one attached hydrogen (secondary N) is 1. The van der Waals surface area contributed by atoms with E-state index in [9.17, 15) is 4.79 Å². The molecule has 4 aromatic rings. The number of benzene rings is 1. The van der Waals surface area contributed by atoms with Crippen molar-refractivity contribution in [1.82, 2.24) is 24.9 Å². The van der Waals surface area contributed by atoms with E-state index in [-0.39, 0.29) is 12.3 Å². The van der Waals surface area contributed by atoms with Gasteiger partial charge in [-0.3, -0.25) is 4.79 Å². The molecule has 4 rings (SSSR count). The van der Waals surface area contributed by atoms with Crippen LogP contribution in [0.2, 0.25) is 0 Å². The summed E-state index contributed by atoms with van der Waals surface area (Å²) in [7, 11) is 0. The van der Waals surface area contributed by atoms with E-state index in [4.69, 9.17) is 4.52 Å². The van der Waals surface area contributed by atoms with Crippen molar-refractivity contribution in [2.24, 2.45) is 0 Å². The molecule has 0 atom stereocenters. The Hall–Kier alpha value is -3.81. The summed E-state index contributed by atoms with van der Waals surface area (Å²) in [5.41, 5.74) is 2.63. The molecular weight excluding hydrogens is 356 g/mol. The number of amides is 1. The SMILES string of the molecule is Cc1ccc(-c2noc(CCC(=O)Nc3cccnc3-n3cccn3)n2)cc1. The van der Waals surface area contributed by atoms with Crippen LogP contribution >= 0.6 is 0 Å². The standard InChI is InChI=1S/C20H18N6O2/c1-14-5-7-15(8-6-14)19-24-18(28-25-19)10-9-17(27)23-16-4-2-11-21-20(16)26-13-3-12-22-26/h2-8,11-13H,9-10H2,1H3,(H,23,27). The maximum absolute atomic E-state index is 12.4. The summed E-state index contributed by atoms with van der Waals surface area (Å²) in [5.74, 6) is 1.32. The third-order valence-corrected chi connectivity index (χ3v) is 4.13. The van der Waals surface area contributed by atoms with Crippen LogP contribution in [0.15, 0.2) is 65.6 Å². The van der Waals surface area contributed by atoms with Crippen LogP contribution < -0.4 is 5.32 Å². The molecule has 28 heavy (non-hydrogen) atoms. The van der Waals surface area contributed by atoms with Crippen molar-refractivity contribution in [2.45, 2.75) is 19.8 Å². The van der Waals surface area contributed by atoms with Crippen molar-refractivity contribution in [3.8, 4) is 17.2 Å². The van der Waals surface area contributed by atoms with E-state index in [2.05, 4.69) is 25.5 Å². The highest BCUT2D eigenvalue weighted by molar-refractivity contribution is 5.92. The van der Waals surface area contributed by atoms with E-state index in [0.717, 1.165) is 11.1 Å². The summed E-state index contributed by atoms with van der Waals surface area (Å²) in [5, 5.41) is 11.0. The van der Waals surface area contributed by atoms with Gasteiger partial charge in [-0.25, -0.2) is 9.67 Å². The molecule has 0 unspecified atom stereocenters. The molecule has 0 saturated heterocycles. The van der Waals surface area contributed by atoms with Crippen molar-refractivity contribution < 1.29 is 9.32 Å². The number of carbonyl (C=O) groups excluding carboxylic acids is 1. The van der Waals surface area contributed by atoms with Crippen LogP contribution in [0.3, 0.4) is 0 Å². The van der Waals surface area contributed by atoms with Gasteiger partial charge >= 0.3 is 0 Å². The fourth-order valence-corrected chi connectivity index (χ4v) is 2.68. The highest BCUT2D eigenvalue weighted by Gasteiger charge is 2.13. The molecule has 8 nitrogen and oxygen atoms in total. The number of anilines is 1. The van der Waals surface area contributed by atoms with E-state index in [1.807, 2.05) is 31.2 Å². The Kier molecular flexibility index (Phi) is 4.92. The fraction of sp³-hybridized carbons (Fsp3) is 0.150. The Morgan fingerprint density at radius 1 is 1.14 bits per heavy atom. The minimum Gasteiger partial charge on any atom is -0.339 e. The van der Waals surface area contributed by atoms with Gasteiger partial charge in [-0.05, 0) is 25.1 Å². The van der Waals surface area contributed by atoms with Crippen LogP contribution in [0.4, 0.5) is 5.69 Å². The van der Waals surface area contributed by atoms with Crippen molar-refractivity contribution in [1.29, 1.82) is 0 Å². The van der Waals surface area contributed by atoms with Crippen LogP contribution in [0.5, 0.6) is 0 Å². The van der Waals surface area contributed by atoms with Crippen LogP contribution in [0, 0.1) is 6.92 Å². The predicted octanol–water partition coefficient (Wildman–Crippen LogP) is 3.20. The van der Waals surface area contributed by atoms with Crippen LogP contribution in [-0.2, 0) is 11.2 Å². The Morgan fingerprint density at radius 3 is 2.79 bits per heavy atom. The van der Waals surface area contributed by atoms with Gasteiger partial charge in [-0.15, -0.1) is 0 Å². The number of rotatable bonds is 6. The summed E-state index contributed by atoms with van der Waals surface area (Å²) in [4.78, 5) is 21.0. The van der Waals surface area contributed by atoms with E-state index < -0.39 is 0 Å². The molecule has 0 radical (unpaired) electrons. The number of pyridine rings is 1. The third-order valence-electron chi connectivity index (χ3n) is 4.13. The number of nitrogens with zero attached hydrogens (tertiary/aromatic N) is 5. The quantitative estimate of drug-likeness (QED) is 0.556. The highest BCUT2D eigenvalue weighted by atomic mass is 16.5. The van der Waals surface area contributed by atoms with E-state index in [0.29, 0.717) is 29.6 Å². The molecule has 140 valence electrons. The van der Waals surface area contributed by atoms with Gasteiger partial charge in [0.25, 0.3) is 0 Å². The molecule has 3 heterocycles. The van der Waals surface area contributed by atoms with Crippen molar-refractivity contribution in [2.75, 3.05) is 5.32 Å². The van der Waals surface area contributed by atoms with E-state index in [1.54, 1.807) is 41.5 Å².